The summed E-state index contributed by atoms with van der Waals surface area (Å²) in [5, 5.41) is 17.0. The van der Waals surface area contributed by atoms with Gasteiger partial charge in [-0.05, 0) is 67.0 Å². The highest BCUT2D eigenvalue weighted by atomic mass is 16.5. The SMILES string of the molecule is CC.CCC(=O)C(NC(=O)CCC(NC)C(=O)NCc1cn(C(C)(C)CCOC(C)(C)C)nn1)C(C)C.CCN. The predicted octanol–water partition coefficient (Wildman–Crippen LogP) is 3.31. The molecule has 11 nitrogen and oxygen atoms in total. The van der Waals surface area contributed by atoms with Gasteiger partial charge in [-0.1, -0.05) is 46.8 Å². The van der Waals surface area contributed by atoms with Gasteiger partial charge in [0.05, 0.1) is 36.0 Å². The first-order valence-corrected chi connectivity index (χ1v) is 14.6. The molecule has 234 valence electrons. The fraction of sp³-hybridized carbons (Fsp3) is 0.828. The van der Waals surface area contributed by atoms with E-state index in [1.165, 1.54) is 0 Å². The largest absolute Gasteiger partial charge is 0.376 e. The van der Waals surface area contributed by atoms with Crippen LogP contribution < -0.4 is 21.7 Å². The summed E-state index contributed by atoms with van der Waals surface area (Å²) in [6.07, 6.45) is 3.42. The van der Waals surface area contributed by atoms with Gasteiger partial charge in [-0.2, -0.15) is 0 Å². The molecule has 2 amide bonds. The molecule has 0 radical (unpaired) electrons. The molecule has 1 aromatic heterocycles. The van der Waals surface area contributed by atoms with Crippen molar-refractivity contribution < 1.29 is 19.1 Å². The summed E-state index contributed by atoms with van der Waals surface area (Å²) >= 11 is 0. The number of nitrogens with zero attached hydrogens (tertiary/aromatic N) is 3. The van der Waals surface area contributed by atoms with Gasteiger partial charge in [0, 0.05) is 19.4 Å². The van der Waals surface area contributed by atoms with E-state index < -0.39 is 12.1 Å². The van der Waals surface area contributed by atoms with Crippen LogP contribution in [0.1, 0.15) is 108 Å². The number of Topliss-reactive ketones (excluding diaryl/α,β-unsaturated/α-hetero) is 1. The van der Waals surface area contributed by atoms with Gasteiger partial charge < -0.3 is 26.4 Å². The molecule has 0 fully saturated rings. The molecule has 1 heterocycles. The van der Waals surface area contributed by atoms with Crippen LogP contribution in [0.15, 0.2) is 6.20 Å². The average molecular weight is 570 g/mol. The Morgan fingerprint density at radius 1 is 1.10 bits per heavy atom. The number of carbonyl (C=O) groups excluding carboxylic acids is 3. The van der Waals surface area contributed by atoms with Crippen LogP contribution in [-0.4, -0.2) is 70.5 Å². The van der Waals surface area contributed by atoms with Gasteiger partial charge >= 0.3 is 0 Å². The van der Waals surface area contributed by atoms with Crippen molar-refractivity contribution >= 4 is 17.6 Å². The molecule has 40 heavy (non-hydrogen) atoms. The predicted molar refractivity (Wildman–Crippen MR) is 162 cm³/mol. The lowest BCUT2D eigenvalue weighted by Crippen LogP contribution is -2.46. The van der Waals surface area contributed by atoms with E-state index >= 15 is 0 Å². The number of nitrogens with two attached hydrogens (primary N) is 1. The van der Waals surface area contributed by atoms with Crippen LogP contribution in [0.4, 0.5) is 0 Å². The number of hydrogen-bond donors (Lipinski definition) is 4. The van der Waals surface area contributed by atoms with E-state index in [0.29, 0.717) is 25.1 Å². The summed E-state index contributed by atoms with van der Waals surface area (Å²) in [6.45, 7) is 23.3. The van der Waals surface area contributed by atoms with Crippen molar-refractivity contribution in [3.63, 3.8) is 0 Å². The van der Waals surface area contributed by atoms with Crippen molar-refractivity contribution in [2.45, 2.75) is 132 Å². The Kier molecular flexibility index (Phi) is 20.4. The molecule has 0 saturated heterocycles. The van der Waals surface area contributed by atoms with Crippen LogP contribution in [0.3, 0.4) is 0 Å². The zero-order chi connectivity index (χ0) is 31.5. The van der Waals surface area contributed by atoms with Crippen LogP contribution in [0.2, 0.25) is 0 Å². The van der Waals surface area contributed by atoms with Crippen molar-refractivity contribution in [3.05, 3.63) is 11.9 Å². The van der Waals surface area contributed by atoms with Crippen LogP contribution >= 0.6 is 0 Å². The van der Waals surface area contributed by atoms with Gasteiger partial charge in [-0.15, -0.1) is 5.10 Å². The average Bonchev–Trinajstić information content (AvgIpc) is 3.37. The molecular weight excluding hydrogens is 510 g/mol. The third-order valence-electron chi connectivity index (χ3n) is 5.86. The van der Waals surface area contributed by atoms with Crippen molar-refractivity contribution in [2.24, 2.45) is 11.7 Å². The maximum Gasteiger partial charge on any atom is 0.237 e. The highest BCUT2D eigenvalue weighted by Crippen LogP contribution is 2.20. The third kappa shape index (κ3) is 16.7. The molecule has 0 aliphatic rings. The van der Waals surface area contributed by atoms with Gasteiger partial charge in [0.15, 0.2) is 5.78 Å². The molecule has 2 unspecified atom stereocenters. The summed E-state index contributed by atoms with van der Waals surface area (Å²) < 4.78 is 7.63. The minimum Gasteiger partial charge on any atom is -0.376 e. The smallest absolute Gasteiger partial charge is 0.237 e. The van der Waals surface area contributed by atoms with Crippen molar-refractivity contribution in [1.82, 2.24) is 30.9 Å². The minimum atomic E-state index is -0.541. The lowest BCUT2D eigenvalue weighted by molar-refractivity contribution is -0.129. The van der Waals surface area contributed by atoms with Crippen LogP contribution in [0.25, 0.3) is 0 Å². The number of ketones is 1. The van der Waals surface area contributed by atoms with E-state index in [1.807, 2.05) is 61.6 Å². The number of likely N-dealkylation sites (N-methyl/N-ethyl adjacent to an activating group) is 1. The van der Waals surface area contributed by atoms with Crippen molar-refractivity contribution in [2.75, 3.05) is 20.2 Å². The van der Waals surface area contributed by atoms with Crippen molar-refractivity contribution in [1.29, 1.82) is 0 Å². The van der Waals surface area contributed by atoms with Gasteiger partial charge in [0.2, 0.25) is 11.8 Å². The van der Waals surface area contributed by atoms with Gasteiger partial charge in [-0.3, -0.25) is 14.4 Å². The first kappa shape index (κ1) is 39.8. The number of ether oxygens (including phenoxy) is 1. The van der Waals surface area contributed by atoms with Gasteiger partial charge in [-0.25, -0.2) is 4.68 Å². The molecule has 0 saturated carbocycles. The van der Waals surface area contributed by atoms with E-state index in [2.05, 4.69) is 40.1 Å². The number of nitrogens with one attached hydrogen (secondary N) is 3. The summed E-state index contributed by atoms with van der Waals surface area (Å²) in [7, 11) is 1.68. The molecule has 1 aromatic rings. The quantitative estimate of drug-likeness (QED) is 0.251. The molecule has 0 bridgehead atoms. The number of aromatic nitrogens is 3. The molecule has 0 spiro atoms. The molecule has 0 aliphatic heterocycles. The van der Waals surface area contributed by atoms with Gasteiger partial charge in [0.1, 0.15) is 5.69 Å². The fourth-order valence-electron chi connectivity index (χ4n) is 3.46. The Morgan fingerprint density at radius 3 is 2.15 bits per heavy atom. The summed E-state index contributed by atoms with van der Waals surface area (Å²) in [5.41, 5.74) is 5.02. The standard InChI is InChI=1S/C25H46N6O4.C2H7N.C2H6/c1-10-20(32)22(17(2)3)28-21(33)12-11-19(26-9)23(34)27-15-18-16-31(30-29-18)25(7,8)13-14-35-24(4,5)6;1-2-3;1-2/h16-17,19,22,26H,10-15H2,1-9H3,(H,27,34)(H,28,33);2-3H2,1H3;1-2H3. The minimum absolute atomic E-state index is 0.00853. The van der Waals surface area contributed by atoms with Crippen molar-refractivity contribution in [3.8, 4) is 0 Å². The summed E-state index contributed by atoms with van der Waals surface area (Å²) in [5.74, 6) is -0.440. The second-order valence-electron chi connectivity index (χ2n) is 11.3. The normalized spacial score (nSPS) is 12.8. The number of carbonyl (C=O) groups is 3. The van der Waals surface area contributed by atoms with E-state index in [4.69, 9.17) is 10.5 Å². The number of hydrogen-bond acceptors (Lipinski definition) is 8. The monoisotopic (exact) mass is 569 g/mol. The summed E-state index contributed by atoms with van der Waals surface area (Å²) in [4.78, 5) is 37.1. The zero-order valence-electron chi connectivity index (χ0n) is 27.3. The van der Waals surface area contributed by atoms with E-state index in [1.54, 1.807) is 18.7 Å². The second kappa shape index (κ2) is 20.5. The topological polar surface area (TPSA) is 153 Å². The lowest BCUT2D eigenvalue weighted by Gasteiger charge is -2.27. The maximum atomic E-state index is 12.7. The van der Waals surface area contributed by atoms with E-state index in [-0.39, 0.29) is 47.6 Å². The molecular formula is C29H59N7O4. The Morgan fingerprint density at radius 2 is 1.68 bits per heavy atom. The molecule has 5 N–H and O–H groups in total. The van der Waals surface area contributed by atoms with E-state index in [9.17, 15) is 14.4 Å². The molecule has 0 aromatic carbocycles. The molecule has 0 aliphatic carbocycles. The van der Waals surface area contributed by atoms with Crippen LogP contribution in [0, 0.1) is 5.92 Å². The molecule has 11 heteroatoms. The lowest BCUT2D eigenvalue weighted by atomic mass is 9.98. The Hall–Kier alpha value is -2.37. The Balaban J connectivity index is 0. The second-order valence-corrected chi connectivity index (χ2v) is 11.3. The summed E-state index contributed by atoms with van der Waals surface area (Å²) in [6, 6.07) is -1.04. The molecule has 2 atom stereocenters. The van der Waals surface area contributed by atoms with Crippen LogP contribution in [-0.2, 0) is 31.2 Å². The highest BCUT2D eigenvalue weighted by molar-refractivity contribution is 5.89. The Labute approximate surface area is 243 Å². The maximum absolute atomic E-state index is 12.7. The number of amides is 2. The van der Waals surface area contributed by atoms with E-state index in [0.717, 1.165) is 13.0 Å². The first-order valence-electron chi connectivity index (χ1n) is 14.6. The third-order valence-corrected chi connectivity index (χ3v) is 5.86. The highest BCUT2D eigenvalue weighted by Gasteiger charge is 2.25. The molecule has 1 rings (SSSR count). The van der Waals surface area contributed by atoms with Crippen LogP contribution in [0.5, 0.6) is 0 Å². The fourth-order valence-corrected chi connectivity index (χ4v) is 3.46. The first-order chi connectivity index (χ1) is 18.6. The number of rotatable bonds is 15. The Bertz CT molecular complexity index is 848. The van der Waals surface area contributed by atoms with Gasteiger partial charge in [0.25, 0.3) is 0 Å². The zero-order valence-corrected chi connectivity index (χ0v) is 27.3.